The Kier molecular flexibility index (Phi) is 5.16. The zero-order valence-corrected chi connectivity index (χ0v) is 12.2. The van der Waals surface area contributed by atoms with E-state index in [1.165, 1.54) is 7.05 Å². The van der Waals surface area contributed by atoms with Crippen LogP contribution in [0.3, 0.4) is 0 Å². The third-order valence-corrected chi connectivity index (χ3v) is 4.80. The van der Waals surface area contributed by atoms with E-state index in [1.807, 2.05) is 6.07 Å². The van der Waals surface area contributed by atoms with E-state index in [0.29, 0.717) is 16.5 Å². The average molecular weight is 270 g/mol. The predicted molar refractivity (Wildman–Crippen MR) is 75.2 cm³/mol. The molecule has 0 aliphatic rings. The van der Waals surface area contributed by atoms with Crippen LogP contribution in [0.2, 0.25) is 0 Å². The molecule has 2 unspecified atom stereocenters. The largest absolute Gasteiger partial charge is 0.381 e. The topological polar surface area (TPSA) is 58.2 Å². The maximum atomic E-state index is 11.9. The van der Waals surface area contributed by atoms with Crippen LogP contribution in [0.1, 0.15) is 27.2 Å². The Hall–Kier alpha value is -1.07. The molecule has 0 saturated carbocycles. The molecule has 0 bridgehead atoms. The maximum absolute atomic E-state index is 11.9. The van der Waals surface area contributed by atoms with Crippen LogP contribution in [0.4, 0.5) is 5.69 Å². The average Bonchev–Trinajstić information content (AvgIpc) is 2.38. The first-order valence-corrected chi connectivity index (χ1v) is 7.69. The zero-order valence-electron chi connectivity index (χ0n) is 11.4. The fourth-order valence-electron chi connectivity index (χ4n) is 1.67. The molecule has 0 aliphatic carbocycles. The van der Waals surface area contributed by atoms with E-state index in [9.17, 15) is 8.42 Å². The molecular weight excluding hydrogens is 248 g/mol. The highest BCUT2D eigenvalue weighted by atomic mass is 32.2. The number of anilines is 1. The monoisotopic (exact) mass is 270 g/mol. The molecule has 0 spiro atoms. The van der Waals surface area contributed by atoms with Gasteiger partial charge < -0.3 is 5.32 Å². The van der Waals surface area contributed by atoms with E-state index >= 15 is 0 Å². The summed E-state index contributed by atoms with van der Waals surface area (Å²) in [6.45, 7) is 6.34. The molecule has 0 amide bonds. The number of hydrogen-bond acceptors (Lipinski definition) is 3. The Balaban J connectivity index is 3.04. The highest BCUT2D eigenvalue weighted by molar-refractivity contribution is 7.89. The van der Waals surface area contributed by atoms with Crippen LogP contribution in [-0.2, 0) is 10.0 Å². The van der Waals surface area contributed by atoms with Crippen molar-refractivity contribution in [1.82, 2.24) is 4.72 Å². The molecule has 1 aromatic carbocycles. The van der Waals surface area contributed by atoms with Crippen LogP contribution in [0.25, 0.3) is 0 Å². The second-order valence-electron chi connectivity index (χ2n) is 4.52. The molecule has 4 nitrogen and oxygen atoms in total. The molecule has 2 atom stereocenters. The number of sulfonamides is 1. The van der Waals surface area contributed by atoms with Crippen LogP contribution in [0.15, 0.2) is 29.2 Å². The lowest BCUT2D eigenvalue weighted by molar-refractivity contribution is 0.494. The third-order valence-electron chi connectivity index (χ3n) is 3.33. The van der Waals surface area contributed by atoms with Gasteiger partial charge in [-0.15, -0.1) is 0 Å². The Labute approximate surface area is 110 Å². The van der Waals surface area contributed by atoms with Crippen LogP contribution in [0, 0.1) is 5.92 Å². The van der Waals surface area contributed by atoms with E-state index in [1.54, 1.807) is 18.2 Å². The summed E-state index contributed by atoms with van der Waals surface area (Å²) in [4.78, 5) is 0.294. The summed E-state index contributed by atoms with van der Waals surface area (Å²) in [6, 6.07) is 7.19. The summed E-state index contributed by atoms with van der Waals surface area (Å²) in [5, 5.41) is 3.28. The van der Waals surface area contributed by atoms with Crippen LogP contribution in [-0.4, -0.2) is 21.5 Å². The molecular formula is C13H22N2O2S. The highest BCUT2D eigenvalue weighted by Gasteiger charge is 2.18. The summed E-state index contributed by atoms with van der Waals surface area (Å²) < 4.78 is 26.1. The molecule has 5 heteroatoms. The first-order valence-electron chi connectivity index (χ1n) is 6.21. The molecule has 1 aromatic rings. The lowest BCUT2D eigenvalue weighted by Crippen LogP contribution is -2.26. The van der Waals surface area contributed by atoms with Gasteiger partial charge in [0.25, 0.3) is 0 Å². The van der Waals surface area contributed by atoms with Crippen molar-refractivity contribution in [3.05, 3.63) is 24.3 Å². The van der Waals surface area contributed by atoms with Gasteiger partial charge in [-0.25, -0.2) is 13.1 Å². The number of benzene rings is 1. The van der Waals surface area contributed by atoms with Crippen LogP contribution < -0.4 is 10.0 Å². The molecule has 2 N–H and O–H groups in total. The van der Waals surface area contributed by atoms with Crippen molar-refractivity contribution >= 4 is 15.7 Å². The fraction of sp³-hybridized carbons (Fsp3) is 0.538. The standard InChI is InChI=1S/C13H22N2O2S/c1-5-10(2)11(3)15-12-8-6-7-9-13(12)18(16,17)14-4/h6-11,14-15H,5H2,1-4H3. The van der Waals surface area contributed by atoms with Gasteiger partial charge in [-0.1, -0.05) is 32.4 Å². The van der Waals surface area contributed by atoms with Crippen LogP contribution in [0.5, 0.6) is 0 Å². The molecule has 0 saturated heterocycles. The SMILES string of the molecule is CCC(C)C(C)Nc1ccccc1S(=O)(=O)NC. The van der Waals surface area contributed by atoms with Crippen LogP contribution >= 0.6 is 0 Å². The normalized spacial score (nSPS) is 15.1. The lowest BCUT2D eigenvalue weighted by Gasteiger charge is -2.22. The predicted octanol–water partition coefficient (Wildman–Crippen LogP) is 2.44. The number of para-hydroxylation sites is 1. The second kappa shape index (κ2) is 6.20. The van der Waals surface area contributed by atoms with Gasteiger partial charge in [-0.05, 0) is 32.0 Å². The molecule has 0 heterocycles. The second-order valence-corrected chi connectivity index (χ2v) is 6.38. The van der Waals surface area contributed by atoms with E-state index in [4.69, 9.17) is 0 Å². The summed E-state index contributed by atoms with van der Waals surface area (Å²) in [6.07, 6.45) is 1.05. The van der Waals surface area contributed by atoms with Crippen molar-refractivity contribution in [2.24, 2.45) is 5.92 Å². The van der Waals surface area contributed by atoms with E-state index in [2.05, 4.69) is 30.8 Å². The van der Waals surface area contributed by atoms with Crippen molar-refractivity contribution in [2.75, 3.05) is 12.4 Å². The van der Waals surface area contributed by atoms with Gasteiger partial charge in [0.05, 0.1) is 5.69 Å². The van der Waals surface area contributed by atoms with Crippen molar-refractivity contribution in [2.45, 2.75) is 38.1 Å². The molecule has 102 valence electrons. The van der Waals surface area contributed by atoms with Gasteiger partial charge in [0.15, 0.2) is 0 Å². The quantitative estimate of drug-likeness (QED) is 0.834. The molecule has 0 radical (unpaired) electrons. The van der Waals surface area contributed by atoms with E-state index in [-0.39, 0.29) is 6.04 Å². The van der Waals surface area contributed by atoms with E-state index in [0.717, 1.165) is 6.42 Å². The Morgan fingerprint density at radius 2 is 1.83 bits per heavy atom. The van der Waals surface area contributed by atoms with Crippen molar-refractivity contribution < 1.29 is 8.42 Å². The zero-order chi connectivity index (χ0) is 13.8. The minimum atomic E-state index is -3.42. The summed E-state index contributed by atoms with van der Waals surface area (Å²) >= 11 is 0. The van der Waals surface area contributed by atoms with Gasteiger partial charge in [0, 0.05) is 6.04 Å². The van der Waals surface area contributed by atoms with Gasteiger partial charge in [-0.2, -0.15) is 0 Å². The number of rotatable bonds is 6. The molecule has 0 fully saturated rings. The Morgan fingerprint density at radius 1 is 1.22 bits per heavy atom. The van der Waals surface area contributed by atoms with Crippen molar-refractivity contribution in [3.8, 4) is 0 Å². The smallest absolute Gasteiger partial charge is 0.242 e. The summed E-state index contributed by atoms with van der Waals surface area (Å²) in [5.41, 5.74) is 0.652. The van der Waals surface area contributed by atoms with Crippen molar-refractivity contribution in [3.63, 3.8) is 0 Å². The molecule has 0 aliphatic heterocycles. The Morgan fingerprint density at radius 3 is 2.39 bits per heavy atom. The first kappa shape index (κ1) is 15.0. The number of hydrogen-bond donors (Lipinski definition) is 2. The maximum Gasteiger partial charge on any atom is 0.242 e. The van der Waals surface area contributed by atoms with E-state index < -0.39 is 10.0 Å². The molecule has 0 aromatic heterocycles. The van der Waals surface area contributed by atoms with Gasteiger partial charge in [-0.3, -0.25) is 0 Å². The summed E-state index contributed by atoms with van der Waals surface area (Å²) in [5.74, 6) is 0.482. The fourth-order valence-corrected chi connectivity index (χ4v) is 2.57. The summed E-state index contributed by atoms with van der Waals surface area (Å²) in [7, 11) is -2.00. The minimum Gasteiger partial charge on any atom is -0.381 e. The van der Waals surface area contributed by atoms with Crippen molar-refractivity contribution in [1.29, 1.82) is 0 Å². The first-order chi connectivity index (χ1) is 8.42. The Bertz CT molecular complexity index is 486. The third kappa shape index (κ3) is 3.46. The van der Waals surface area contributed by atoms with Gasteiger partial charge in [0.2, 0.25) is 10.0 Å². The molecule has 18 heavy (non-hydrogen) atoms. The molecule has 1 rings (SSSR count). The van der Waals surface area contributed by atoms with Gasteiger partial charge >= 0.3 is 0 Å². The minimum absolute atomic E-state index is 0.225. The number of nitrogens with one attached hydrogen (secondary N) is 2. The highest BCUT2D eigenvalue weighted by Crippen LogP contribution is 2.23. The lowest BCUT2D eigenvalue weighted by atomic mass is 10.0. The van der Waals surface area contributed by atoms with Gasteiger partial charge in [0.1, 0.15) is 4.90 Å².